The van der Waals surface area contributed by atoms with Crippen molar-refractivity contribution in [3.8, 4) is 11.5 Å². The number of nitrogens with one attached hydrogen (secondary N) is 1. The number of nitrogens with zero attached hydrogens (tertiary/aromatic N) is 1. The monoisotopic (exact) mass is 384 g/mol. The Morgan fingerprint density at radius 1 is 0.793 bits per heavy atom. The summed E-state index contributed by atoms with van der Waals surface area (Å²) in [4.78, 5) is 17.3. The zero-order chi connectivity index (χ0) is 19.9. The maximum absolute atomic E-state index is 12.9. The summed E-state index contributed by atoms with van der Waals surface area (Å²) in [6.07, 6.45) is 1.71. The van der Waals surface area contributed by atoms with Crippen LogP contribution in [0, 0.1) is 0 Å². The lowest BCUT2D eigenvalue weighted by molar-refractivity contribution is 0.102. The largest absolute Gasteiger partial charge is 0.490 e. The van der Waals surface area contributed by atoms with E-state index in [-0.39, 0.29) is 5.91 Å². The highest BCUT2D eigenvalue weighted by Crippen LogP contribution is 2.24. The van der Waals surface area contributed by atoms with Gasteiger partial charge < -0.3 is 14.8 Å². The molecule has 1 N–H and O–H groups in total. The third-order valence-corrected chi connectivity index (χ3v) is 4.37. The van der Waals surface area contributed by atoms with Crippen molar-refractivity contribution in [3.63, 3.8) is 0 Å². The smallest absolute Gasteiger partial charge is 0.259 e. The van der Waals surface area contributed by atoms with Gasteiger partial charge in [0.15, 0.2) is 0 Å². The van der Waals surface area contributed by atoms with E-state index < -0.39 is 0 Å². The van der Waals surface area contributed by atoms with E-state index in [1.54, 1.807) is 18.3 Å². The van der Waals surface area contributed by atoms with E-state index in [0.29, 0.717) is 30.2 Å². The fourth-order valence-electron chi connectivity index (χ4n) is 3.00. The molecule has 0 radical (unpaired) electrons. The number of carbonyl (C=O) groups is 1. The number of anilines is 1. The maximum atomic E-state index is 12.9. The summed E-state index contributed by atoms with van der Waals surface area (Å²) >= 11 is 0. The van der Waals surface area contributed by atoms with Crippen LogP contribution in [-0.2, 0) is 0 Å². The third-order valence-electron chi connectivity index (χ3n) is 4.37. The van der Waals surface area contributed by atoms with Crippen molar-refractivity contribution in [2.24, 2.45) is 0 Å². The summed E-state index contributed by atoms with van der Waals surface area (Å²) in [6, 6.07) is 26.2. The minimum absolute atomic E-state index is 0.247. The predicted molar refractivity (Wildman–Crippen MR) is 114 cm³/mol. The third kappa shape index (κ3) is 4.52. The molecule has 5 nitrogen and oxygen atoms in total. The average molecular weight is 384 g/mol. The second-order valence-electron chi connectivity index (χ2n) is 6.34. The first-order valence-corrected chi connectivity index (χ1v) is 9.36. The van der Waals surface area contributed by atoms with Crippen LogP contribution in [0.5, 0.6) is 11.5 Å². The average Bonchev–Trinajstić information content (AvgIpc) is 2.78. The van der Waals surface area contributed by atoms with Crippen molar-refractivity contribution >= 4 is 22.5 Å². The molecule has 144 valence electrons. The van der Waals surface area contributed by atoms with Crippen LogP contribution in [0.1, 0.15) is 10.4 Å². The lowest BCUT2D eigenvalue weighted by atomic mass is 10.1. The molecule has 1 heterocycles. The van der Waals surface area contributed by atoms with Crippen molar-refractivity contribution in [1.29, 1.82) is 0 Å². The summed E-state index contributed by atoms with van der Waals surface area (Å²) in [5.74, 6) is 1.04. The first-order valence-electron chi connectivity index (χ1n) is 9.36. The standard InChI is InChI=1S/C24H20N2O3/c27-24(26-21-13-6-8-18-9-7-15-25-23(18)21)20-12-4-5-14-22(20)29-17-16-28-19-10-2-1-3-11-19/h1-15H,16-17H2,(H,26,27). The quantitative estimate of drug-likeness (QED) is 0.458. The Balaban J connectivity index is 1.44. The summed E-state index contributed by atoms with van der Waals surface area (Å²) in [7, 11) is 0. The Bertz CT molecular complexity index is 1110. The Labute approximate surface area is 168 Å². The van der Waals surface area contributed by atoms with E-state index in [9.17, 15) is 4.79 Å². The molecule has 0 bridgehead atoms. The normalized spacial score (nSPS) is 10.5. The molecule has 0 spiro atoms. The van der Waals surface area contributed by atoms with E-state index in [4.69, 9.17) is 9.47 Å². The van der Waals surface area contributed by atoms with E-state index in [1.807, 2.05) is 72.8 Å². The van der Waals surface area contributed by atoms with Crippen molar-refractivity contribution < 1.29 is 14.3 Å². The summed E-state index contributed by atoms with van der Waals surface area (Å²) in [6.45, 7) is 0.711. The topological polar surface area (TPSA) is 60.5 Å². The molecule has 0 aliphatic carbocycles. The minimum Gasteiger partial charge on any atom is -0.490 e. The first-order chi connectivity index (χ1) is 14.3. The number of amides is 1. The van der Waals surface area contributed by atoms with Gasteiger partial charge >= 0.3 is 0 Å². The van der Waals surface area contributed by atoms with Gasteiger partial charge in [-0.3, -0.25) is 9.78 Å². The number of carbonyl (C=O) groups excluding carboxylic acids is 1. The van der Waals surface area contributed by atoms with Gasteiger partial charge in [-0.15, -0.1) is 0 Å². The number of para-hydroxylation sites is 3. The van der Waals surface area contributed by atoms with Gasteiger partial charge in [0.1, 0.15) is 24.7 Å². The zero-order valence-electron chi connectivity index (χ0n) is 15.7. The predicted octanol–water partition coefficient (Wildman–Crippen LogP) is 4.94. The van der Waals surface area contributed by atoms with Crippen molar-refractivity contribution in [2.75, 3.05) is 18.5 Å². The summed E-state index contributed by atoms with van der Waals surface area (Å²) in [5, 5.41) is 3.91. The van der Waals surface area contributed by atoms with Gasteiger partial charge in [-0.25, -0.2) is 0 Å². The van der Waals surface area contributed by atoms with Gasteiger partial charge in [0, 0.05) is 11.6 Å². The highest BCUT2D eigenvalue weighted by atomic mass is 16.5. The van der Waals surface area contributed by atoms with E-state index in [1.165, 1.54) is 0 Å². The number of ether oxygens (including phenoxy) is 2. The highest BCUT2D eigenvalue weighted by molar-refractivity contribution is 6.09. The van der Waals surface area contributed by atoms with Crippen LogP contribution < -0.4 is 14.8 Å². The molecule has 4 aromatic rings. The van der Waals surface area contributed by atoms with Gasteiger partial charge in [0.2, 0.25) is 0 Å². The van der Waals surface area contributed by atoms with Crippen molar-refractivity contribution in [2.45, 2.75) is 0 Å². The molecule has 0 saturated heterocycles. The molecule has 0 atom stereocenters. The Kier molecular flexibility index (Phi) is 5.67. The lowest BCUT2D eigenvalue weighted by Crippen LogP contribution is -2.16. The zero-order valence-corrected chi connectivity index (χ0v) is 15.7. The van der Waals surface area contributed by atoms with Crippen molar-refractivity contribution in [1.82, 2.24) is 4.98 Å². The van der Waals surface area contributed by atoms with Crippen LogP contribution in [0.15, 0.2) is 91.1 Å². The molecule has 29 heavy (non-hydrogen) atoms. The minimum atomic E-state index is -0.247. The molecular formula is C24H20N2O3. The Hall–Kier alpha value is -3.86. The van der Waals surface area contributed by atoms with E-state index in [0.717, 1.165) is 16.7 Å². The highest BCUT2D eigenvalue weighted by Gasteiger charge is 2.14. The molecule has 3 aromatic carbocycles. The number of hydrogen-bond acceptors (Lipinski definition) is 4. The number of aromatic nitrogens is 1. The number of pyridine rings is 1. The Morgan fingerprint density at radius 3 is 2.45 bits per heavy atom. The second kappa shape index (κ2) is 8.89. The molecule has 0 unspecified atom stereocenters. The van der Waals surface area contributed by atoms with Crippen LogP contribution in [0.3, 0.4) is 0 Å². The SMILES string of the molecule is O=C(Nc1cccc2cccnc12)c1ccccc1OCCOc1ccccc1. The van der Waals surface area contributed by atoms with E-state index in [2.05, 4.69) is 10.3 Å². The van der Waals surface area contributed by atoms with Crippen molar-refractivity contribution in [3.05, 3.63) is 96.7 Å². The van der Waals surface area contributed by atoms with Gasteiger partial charge in [-0.1, -0.05) is 48.5 Å². The number of rotatable bonds is 7. The summed E-state index contributed by atoms with van der Waals surface area (Å²) in [5.41, 5.74) is 1.87. The molecule has 0 aliphatic heterocycles. The van der Waals surface area contributed by atoms with Gasteiger partial charge in [0.05, 0.1) is 16.8 Å². The fourth-order valence-corrected chi connectivity index (χ4v) is 3.00. The van der Waals surface area contributed by atoms with Crippen LogP contribution in [0.2, 0.25) is 0 Å². The first kappa shape index (κ1) is 18.5. The van der Waals surface area contributed by atoms with Crippen LogP contribution in [0.4, 0.5) is 5.69 Å². The van der Waals surface area contributed by atoms with Crippen LogP contribution >= 0.6 is 0 Å². The van der Waals surface area contributed by atoms with E-state index >= 15 is 0 Å². The molecular weight excluding hydrogens is 364 g/mol. The van der Waals surface area contributed by atoms with Gasteiger partial charge in [0.25, 0.3) is 5.91 Å². The maximum Gasteiger partial charge on any atom is 0.259 e. The molecule has 5 heteroatoms. The number of benzene rings is 3. The van der Waals surface area contributed by atoms with Gasteiger partial charge in [-0.2, -0.15) is 0 Å². The lowest BCUT2D eigenvalue weighted by Gasteiger charge is -2.13. The second-order valence-corrected chi connectivity index (χ2v) is 6.34. The molecule has 0 fully saturated rings. The number of fused-ring (bicyclic) bond motifs is 1. The van der Waals surface area contributed by atoms with Crippen LogP contribution in [-0.4, -0.2) is 24.1 Å². The number of hydrogen-bond donors (Lipinski definition) is 1. The molecule has 1 aromatic heterocycles. The fraction of sp³-hybridized carbons (Fsp3) is 0.0833. The Morgan fingerprint density at radius 2 is 1.55 bits per heavy atom. The summed E-state index contributed by atoms with van der Waals surface area (Å²) < 4.78 is 11.4. The molecule has 0 saturated carbocycles. The molecule has 0 aliphatic rings. The molecule has 4 rings (SSSR count). The van der Waals surface area contributed by atoms with Crippen LogP contribution in [0.25, 0.3) is 10.9 Å². The van der Waals surface area contributed by atoms with Gasteiger partial charge in [-0.05, 0) is 36.4 Å². The molecule has 1 amide bonds.